The summed E-state index contributed by atoms with van der Waals surface area (Å²) >= 11 is 0. The van der Waals surface area contributed by atoms with Gasteiger partial charge in [0.25, 0.3) is 0 Å². The molecule has 2 bridgehead atoms. The Bertz CT molecular complexity index is 768. The van der Waals surface area contributed by atoms with Crippen LogP contribution in [0.1, 0.15) is 33.6 Å². The first kappa shape index (κ1) is 20.8. The average molecular weight is 424 g/mol. The predicted molar refractivity (Wildman–Crippen MR) is 103 cm³/mol. The van der Waals surface area contributed by atoms with Crippen molar-refractivity contribution in [1.29, 1.82) is 0 Å². The van der Waals surface area contributed by atoms with Gasteiger partial charge in [0.05, 0.1) is 12.7 Å². The molecule has 0 unspecified atom stereocenters. The van der Waals surface area contributed by atoms with E-state index in [2.05, 4.69) is 13.8 Å². The molecular formula is C22H32O8. The number of rotatable bonds is 5. The second-order valence-electron chi connectivity index (χ2n) is 9.99. The zero-order valence-corrected chi connectivity index (χ0v) is 18.3. The van der Waals surface area contributed by atoms with Crippen LogP contribution in [0.5, 0.6) is 0 Å². The summed E-state index contributed by atoms with van der Waals surface area (Å²) in [6.45, 7) is 6.55. The van der Waals surface area contributed by atoms with Crippen LogP contribution in [-0.2, 0) is 33.2 Å². The summed E-state index contributed by atoms with van der Waals surface area (Å²) in [5, 5.41) is 12.0. The molecule has 5 aliphatic rings. The van der Waals surface area contributed by atoms with Crippen LogP contribution >= 0.6 is 0 Å². The molecule has 30 heavy (non-hydrogen) atoms. The number of esters is 1. The molecule has 0 aromatic carbocycles. The van der Waals surface area contributed by atoms with Crippen molar-refractivity contribution in [2.24, 2.45) is 28.6 Å². The minimum absolute atomic E-state index is 0.0121. The zero-order chi connectivity index (χ0) is 21.5. The van der Waals surface area contributed by atoms with Gasteiger partial charge in [-0.3, -0.25) is 0 Å². The van der Waals surface area contributed by atoms with Gasteiger partial charge in [0.1, 0.15) is 19.0 Å². The van der Waals surface area contributed by atoms with Crippen molar-refractivity contribution < 1.29 is 38.3 Å². The monoisotopic (exact) mass is 424 g/mol. The van der Waals surface area contributed by atoms with Crippen molar-refractivity contribution in [2.45, 2.75) is 64.0 Å². The highest BCUT2D eigenvalue weighted by Crippen LogP contribution is 2.74. The molecular weight excluding hydrogens is 392 g/mol. The number of carbonyl (C=O) groups excluding carboxylic acids is 1. The lowest BCUT2D eigenvalue weighted by molar-refractivity contribution is -0.327. The van der Waals surface area contributed by atoms with Gasteiger partial charge in [0.15, 0.2) is 12.1 Å². The number of carbonyl (C=O) groups is 1. The van der Waals surface area contributed by atoms with Gasteiger partial charge in [0.2, 0.25) is 0 Å². The minimum atomic E-state index is -1.52. The van der Waals surface area contributed by atoms with Gasteiger partial charge in [-0.25, -0.2) is 4.79 Å². The molecule has 5 rings (SSSR count). The maximum atomic E-state index is 12.1. The first-order valence-corrected chi connectivity index (χ1v) is 10.8. The Labute approximate surface area is 176 Å². The summed E-state index contributed by atoms with van der Waals surface area (Å²) in [6, 6.07) is 0. The van der Waals surface area contributed by atoms with Crippen LogP contribution in [0.15, 0.2) is 11.6 Å². The number of ether oxygens (including phenoxy) is 6. The summed E-state index contributed by atoms with van der Waals surface area (Å²) in [7, 11) is 3.22. The van der Waals surface area contributed by atoms with Crippen molar-refractivity contribution in [2.75, 3.05) is 27.6 Å². The largest absolute Gasteiger partial charge is 0.454 e. The number of aliphatic hydroxyl groups is 1. The van der Waals surface area contributed by atoms with E-state index in [4.69, 9.17) is 28.4 Å². The van der Waals surface area contributed by atoms with Crippen molar-refractivity contribution >= 4 is 5.97 Å². The van der Waals surface area contributed by atoms with Gasteiger partial charge in [-0.1, -0.05) is 13.8 Å². The van der Waals surface area contributed by atoms with Crippen molar-refractivity contribution in [1.82, 2.24) is 0 Å². The molecule has 3 aliphatic heterocycles. The van der Waals surface area contributed by atoms with Crippen LogP contribution in [0, 0.1) is 28.6 Å². The smallest absolute Gasteiger partial charge is 0.331 e. The molecule has 10 atom stereocenters. The Balaban J connectivity index is 1.64. The highest BCUT2D eigenvalue weighted by molar-refractivity contribution is 5.85. The summed E-state index contributed by atoms with van der Waals surface area (Å²) in [4.78, 5) is 12.1. The predicted octanol–water partition coefficient (Wildman–Crippen LogP) is 1.61. The minimum Gasteiger partial charge on any atom is -0.454 e. The molecule has 1 spiro atoms. The average Bonchev–Trinajstić information content (AvgIpc) is 3.28. The second kappa shape index (κ2) is 6.73. The molecule has 0 aromatic heterocycles. The van der Waals surface area contributed by atoms with Crippen LogP contribution < -0.4 is 0 Å². The molecule has 3 heterocycles. The zero-order valence-electron chi connectivity index (χ0n) is 18.3. The topological polar surface area (TPSA) is 92.7 Å². The first-order chi connectivity index (χ1) is 14.2. The quantitative estimate of drug-likeness (QED) is 0.526. The molecule has 2 aliphatic carbocycles. The molecule has 0 amide bonds. The molecule has 2 saturated heterocycles. The lowest BCUT2D eigenvalue weighted by Crippen LogP contribution is -2.67. The van der Waals surface area contributed by atoms with Gasteiger partial charge in [-0.2, -0.15) is 0 Å². The maximum Gasteiger partial charge on any atom is 0.331 e. The normalized spacial score (nSPS) is 54.1. The van der Waals surface area contributed by atoms with E-state index in [1.165, 1.54) is 0 Å². The van der Waals surface area contributed by atoms with Crippen LogP contribution in [0.25, 0.3) is 0 Å². The van der Waals surface area contributed by atoms with E-state index >= 15 is 0 Å². The standard InChI is InChI=1S/C22H32O8/c1-11-6-15(23)30-17(11)20(3)8-14-21-9-28-22(24,19(20)21)18(27-10-25-4)12(2)13(21)7-16(26-5)29-14/h6,12-14,16-19,24H,7-10H2,1-5H3/t12-,13+,14-,16+,17+,18-,19-,20-,21-,22+/m1/s1. The first-order valence-electron chi connectivity index (χ1n) is 10.8. The highest BCUT2D eigenvalue weighted by atomic mass is 16.7. The SMILES string of the molecule is COCO[C@@H]1[C@H](C)[C@@H]2C[C@@H](OC)O[C@@H]3C[C@](C)([C@H]4OC(=O)C=C4C)[C@H]4[C@@]1(O)OC[C@]324. The summed E-state index contributed by atoms with van der Waals surface area (Å²) in [5.41, 5.74) is -0.0909. The Morgan fingerprint density at radius 3 is 2.73 bits per heavy atom. The molecule has 8 nitrogen and oxygen atoms in total. The lowest BCUT2D eigenvalue weighted by atomic mass is 9.50. The van der Waals surface area contributed by atoms with Gasteiger partial charge in [-0.15, -0.1) is 0 Å². The third kappa shape index (κ3) is 2.40. The number of cyclic esters (lactones) is 1. The van der Waals surface area contributed by atoms with Crippen LogP contribution in [0.3, 0.4) is 0 Å². The van der Waals surface area contributed by atoms with E-state index in [9.17, 15) is 9.90 Å². The Morgan fingerprint density at radius 2 is 2.10 bits per heavy atom. The summed E-state index contributed by atoms with van der Waals surface area (Å²) in [5.74, 6) is -1.99. The third-order valence-corrected chi connectivity index (χ3v) is 8.58. The van der Waals surface area contributed by atoms with Crippen LogP contribution in [0.2, 0.25) is 0 Å². The molecule has 0 radical (unpaired) electrons. The fourth-order valence-corrected chi connectivity index (χ4v) is 7.79. The van der Waals surface area contributed by atoms with Gasteiger partial charge >= 0.3 is 5.97 Å². The second-order valence-corrected chi connectivity index (χ2v) is 9.99. The van der Waals surface area contributed by atoms with E-state index in [1.807, 2.05) is 6.92 Å². The molecule has 4 fully saturated rings. The van der Waals surface area contributed by atoms with Gasteiger partial charge in [0, 0.05) is 43.5 Å². The molecule has 2 saturated carbocycles. The Kier molecular flexibility index (Phi) is 4.68. The number of hydrogen-bond acceptors (Lipinski definition) is 8. The van der Waals surface area contributed by atoms with Crippen LogP contribution in [-0.4, -0.2) is 69.1 Å². The molecule has 1 N–H and O–H groups in total. The fourth-order valence-electron chi connectivity index (χ4n) is 7.79. The maximum absolute atomic E-state index is 12.1. The third-order valence-electron chi connectivity index (χ3n) is 8.58. The molecule has 8 heteroatoms. The highest BCUT2D eigenvalue weighted by Gasteiger charge is 2.82. The Hall–Kier alpha value is -1.03. The number of hydrogen-bond donors (Lipinski definition) is 1. The van der Waals surface area contributed by atoms with Gasteiger partial charge in [-0.05, 0) is 30.8 Å². The lowest BCUT2D eigenvalue weighted by Gasteiger charge is -2.58. The number of methoxy groups -OCH3 is 2. The van der Waals surface area contributed by atoms with Crippen molar-refractivity contribution in [3.63, 3.8) is 0 Å². The summed E-state index contributed by atoms with van der Waals surface area (Å²) in [6.07, 6.45) is 1.39. The van der Waals surface area contributed by atoms with E-state index < -0.39 is 23.4 Å². The van der Waals surface area contributed by atoms with Crippen LogP contribution in [0.4, 0.5) is 0 Å². The summed E-state index contributed by atoms with van der Waals surface area (Å²) < 4.78 is 35.2. The Morgan fingerprint density at radius 1 is 1.33 bits per heavy atom. The van der Waals surface area contributed by atoms with Crippen molar-refractivity contribution in [3.05, 3.63) is 11.6 Å². The van der Waals surface area contributed by atoms with E-state index in [0.29, 0.717) is 19.4 Å². The van der Waals surface area contributed by atoms with E-state index in [0.717, 1.165) is 5.57 Å². The van der Waals surface area contributed by atoms with Crippen molar-refractivity contribution in [3.8, 4) is 0 Å². The molecule has 0 aromatic rings. The molecule has 168 valence electrons. The van der Waals surface area contributed by atoms with E-state index in [-0.39, 0.29) is 48.3 Å². The fraction of sp³-hybridized carbons (Fsp3) is 0.864. The van der Waals surface area contributed by atoms with Gasteiger partial charge < -0.3 is 33.5 Å². The van der Waals surface area contributed by atoms with E-state index in [1.54, 1.807) is 20.3 Å².